The van der Waals surface area contributed by atoms with Crippen molar-refractivity contribution in [1.82, 2.24) is 0 Å². The number of hydrogen-bond acceptors (Lipinski definition) is 0. The molecule has 0 heterocycles. The molecule has 0 aromatic heterocycles. The molecular weight excluding hydrogens is 589 g/mol. The molecule has 0 nitrogen and oxygen atoms in total. The SMILES string of the molecule is CCCCCCCCCCCCC(CCCCCCCCCCC)C(CCCCCCCCCCCC)CCCCCCCCCCCC. The van der Waals surface area contributed by atoms with Crippen LogP contribution in [0.4, 0.5) is 0 Å². The lowest BCUT2D eigenvalue weighted by atomic mass is 9.78. The second-order valence-corrected chi connectivity index (χ2v) is 17.0. The Morgan fingerprint density at radius 2 is 0.286 bits per heavy atom. The van der Waals surface area contributed by atoms with Gasteiger partial charge >= 0.3 is 0 Å². The lowest BCUT2D eigenvalue weighted by Gasteiger charge is -2.28. The Morgan fingerprint density at radius 3 is 0.429 bits per heavy atom. The summed E-state index contributed by atoms with van der Waals surface area (Å²) in [5.74, 6) is 2.05. The normalized spacial score (nSPS) is 12.4. The van der Waals surface area contributed by atoms with E-state index in [-0.39, 0.29) is 0 Å². The van der Waals surface area contributed by atoms with E-state index in [0.717, 1.165) is 11.8 Å². The molecule has 0 radical (unpaired) electrons. The van der Waals surface area contributed by atoms with Crippen molar-refractivity contribution in [3.05, 3.63) is 0 Å². The van der Waals surface area contributed by atoms with Crippen LogP contribution < -0.4 is 0 Å². The molecular formula is C49H100. The van der Waals surface area contributed by atoms with E-state index in [2.05, 4.69) is 27.7 Å². The smallest absolute Gasteiger partial charge is 0.0386 e. The van der Waals surface area contributed by atoms with Gasteiger partial charge in [0.25, 0.3) is 0 Å². The molecule has 1 unspecified atom stereocenters. The minimum absolute atomic E-state index is 1.02. The van der Waals surface area contributed by atoms with Gasteiger partial charge in [0.1, 0.15) is 0 Å². The summed E-state index contributed by atoms with van der Waals surface area (Å²) in [7, 11) is 0. The average molecular weight is 689 g/mol. The summed E-state index contributed by atoms with van der Waals surface area (Å²) in [4.78, 5) is 0. The summed E-state index contributed by atoms with van der Waals surface area (Å²) in [5, 5.41) is 0. The Bertz CT molecular complexity index is 526. The fourth-order valence-corrected chi connectivity index (χ4v) is 8.63. The van der Waals surface area contributed by atoms with Crippen LogP contribution in [0.15, 0.2) is 0 Å². The Hall–Kier alpha value is 0. The van der Waals surface area contributed by atoms with Crippen molar-refractivity contribution in [2.75, 3.05) is 0 Å². The molecule has 0 aromatic carbocycles. The summed E-state index contributed by atoms with van der Waals surface area (Å²) in [6.07, 6.45) is 63.8. The van der Waals surface area contributed by atoms with Gasteiger partial charge in [0, 0.05) is 0 Å². The Labute approximate surface area is 314 Å². The second-order valence-electron chi connectivity index (χ2n) is 17.0. The van der Waals surface area contributed by atoms with E-state index < -0.39 is 0 Å². The summed E-state index contributed by atoms with van der Waals surface area (Å²) >= 11 is 0. The van der Waals surface area contributed by atoms with Crippen LogP contribution in [-0.4, -0.2) is 0 Å². The Balaban J connectivity index is 4.80. The maximum absolute atomic E-state index is 2.34. The van der Waals surface area contributed by atoms with Crippen molar-refractivity contribution in [2.45, 2.75) is 304 Å². The third-order valence-electron chi connectivity index (χ3n) is 12.1. The van der Waals surface area contributed by atoms with Crippen LogP contribution in [0, 0.1) is 11.8 Å². The lowest BCUT2D eigenvalue weighted by Crippen LogP contribution is -2.16. The molecule has 0 saturated carbocycles. The molecule has 0 heteroatoms. The fraction of sp³-hybridized carbons (Fsp3) is 1.00. The summed E-state index contributed by atoms with van der Waals surface area (Å²) in [6.45, 7) is 9.35. The molecule has 0 bridgehead atoms. The maximum Gasteiger partial charge on any atom is -0.0386 e. The van der Waals surface area contributed by atoms with Crippen molar-refractivity contribution >= 4 is 0 Å². The van der Waals surface area contributed by atoms with E-state index in [4.69, 9.17) is 0 Å². The van der Waals surface area contributed by atoms with E-state index in [1.54, 1.807) is 25.7 Å². The van der Waals surface area contributed by atoms with E-state index in [1.807, 2.05) is 0 Å². The highest BCUT2D eigenvalue weighted by atomic mass is 14.3. The van der Waals surface area contributed by atoms with Crippen LogP contribution in [0.2, 0.25) is 0 Å². The minimum Gasteiger partial charge on any atom is -0.0654 e. The second kappa shape index (κ2) is 44.2. The fourth-order valence-electron chi connectivity index (χ4n) is 8.63. The molecule has 0 fully saturated rings. The van der Waals surface area contributed by atoms with Gasteiger partial charge in [-0.3, -0.25) is 0 Å². The molecule has 0 aliphatic carbocycles. The first-order valence-electron chi connectivity index (χ1n) is 24.3. The van der Waals surface area contributed by atoms with Crippen molar-refractivity contribution in [3.63, 3.8) is 0 Å². The maximum atomic E-state index is 2.34. The van der Waals surface area contributed by atoms with Crippen LogP contribution in [0.25, 0.3) is 0 Å². The number of unbranched alkanes of at least 4 members (excludes halogenated alkanes) is 35. The van der Waals surface area contributed by atoms with Gasteiger partial charge in [-0.2, -0.15) is 0 Å². The van der Waals surface area contributed by atoms with E-state index in [0.29, 0.717) is 0 Å². The van der Waals surface area contributed by atoms with Crippen molar-refractivity contribution in [1.29, 1.82) is 0 Å². The van der Waals surface area contributed by atoms with E-state index in [9.17, 15) is 0 Å². The average Bonchev–Trinajstić information content (AvgIpc) is 3.11. The summed E-state index contributed by atoms with van der Waals surface area (Å²) < 4.78 is 0. The van der Waals surface area contributed by atoms with Crippen LogP contribution in [0.3, 0.4) is 0 Å². The van der Waals surface area contributed by atoms with Gasteiger partial charge in [0.05, 0.1) is 0 Å². The first kappa shape index (κ1) is 49.0. The molecule has 0 saturated heterocycles. The molecule has 1 atom stereocenters. The highest BCUT2D eigenvalue weighted by molar-refractivity contribution is 4.72. The van der Waals surface area contributed by atoms with Crippen molar-refractivity contribution in [3.8, 4) is 0 Å². The predicted molar refractivity (Wildman–Crippen MR) is 228 cm³/mol. The Morgan fingerprint density at radius 1 is 0.163 bits per heavy atom. The first-order valence-corrected chi connectivity index (χ1v) is 24.3. The molecule has 0 aromatic rings. The van der Waals surface area contributed by atoms with E-state index >= 15 is 0 Å². The zero-order valence-electron chi connectivity index (χ0n) is 35.6. The van der Waals surface area contributed by atoms with Crippen molar-refractivity contribution < 1.29 is 0 Å². The Kier molecular flexibility index (Phi) is 44.2. The molecule has 0 aliphatic heterocycles. The van der Waals surface area contributed by atoms with E-state index in [1.165, 1.54) is 250 Å². The lowest BCUT2D eigenvalue weighted by molar-refractivity contribution is 0.236. The monoisotopic (exact) mass is 689 g/mol. The third-order valence-corrected chi connectivity index (χ3v) is 12.1. The van der Waals surface area contributed by atoms with Gasteiger partial charge < -0.3 is 0 Å². The zero-order valence-corrected chi connectivity index (χ0v) is 35.6. The van der Waals surface area contributed by atoms with Gasteiger partial charge in [-0.05, 0) is 11.8 Å². The molecule has 296 valence electrons. The van der Waals surface area contributed by atoms with Gasteiger partial charge in [0.15, 0.2) is 0 Å². The molecule has 0 spiro atoms. The number of rotatable bonds is 44. The van der Waals surface area contributed by atoms with Gasteiger partial charge in [-0.25, -0.2) is 0 Å². The van der Waals surface area contributed by atoms with Crippen LogP contribution in [-0.2, 0) is 0 Å². The highest BCUT2D eigenvalue weighted by Gasteiger charge is 2.20. The topological polar surface area (TPSA) is 0 Å². The summed E-state index contributed by atoms with van der Waals surface area (Å²) in [6, 6.07) is 0. The van der Waals surface area contributed by atoms with Crippen LogP contribution >= 0.6 is 0 Å². The quantitative estimate of drug-likeness (QED) is 0.0559. The van der Waals surface area contributed by atoms with Crippen molar-refractivity contribution in [2.24, 2.45) is 11.8 Å². The highest BCUT2D eigenvalue weighted by Crippen LogP contribution is 2.34. The first-order chi connectivity index (χ1) is 24.3. The van der Waals surface area contributed by atoms with Crippen LogP contribution in [0.1, 0.15) is 304 Å². The molecule has 0 aliphatic rings. The molecule has 49 heavy (non-hydrogen) atoms. The minimum atomic E-state index is 1.02. The van der Waals surface area contributed by atoms with Crippen LogP contribution in [0.5, 0.6) is 0 Å². The third kappa shape index (κ3) is 39.0. The molecule has 0 N–H and O–H groups in total. The zero-order chi connectivity index (χ0) is 35.6. The largest absolute Gasteiger partial charge is 0.0654 e. The van der Waals surface area contributed by atoms with Gasteiger partial charge in [-0.1, -0.05) is 304 Å². The molecule has 0 rings (SSSR count). The van der Waals surface area contributed by atoms with Gasteiger partial charge in [-0.15, -0.1) is 0 Å². The predicted octanol–water partition coefficient (Wildman–Crippen LogP) is 19.1. The summed E-state index contributed by atoms with van der Waals surface area (Å²) in [5.41, 5.74) is 0. The number of hydrogen-bond donors (Lipinski definition) is 0. The standard InChI is InChI=1S/C49H100/c1-5-9-13-17-21-25-29-33-37-41-45-48(44-40-36-32-28-24-20-16-12-8-4)49(46-42-38-34-30-26-22-18-14-10-6-2)47-43-39-35-31-27-23-19-15-11-7-3/h48-49H,5-47H2,1-4H3. The molecule has 0 amide bonds. The van der Waals surface area contributed by atoms with Gasteiger partial charge in [0.2, 0.25) is 0 Å².